The van der Waals surface area contributed by atoms with Crippen LogP contribution in [0.3, 0.4) is 0 Å². The van der Waals surface area contributed by atoms with Crippen LogP contribution in [-0.4, -0.2) is 17.0 Å². The van der Waals surface area contributed by atoms with Crippen molar-refractivity contribution < 1.29 is 4.79 Å². The molecule has 2 aromatic rings. The summed E-state index contributed by atoms with van der Waals surface area (Å²) >= 11 is 3.58. The molecule has 1 heterocycles. The highest BCUT2D eigenvalue weighted by Crippen LogP contribution is 2.29. The molecule has 1 N–H and O–H groups in total. The summed E-state index contributed by atoms with van der Waals surface area (Å²) in [7, 11) is 1.98. The van der Waals surface area contributed by atoms with E-state index in [1.54, 1.807) is 0 Å². The molecule has 0 atom stereocenters. The molecule has 1 amide bonds. The molecule has 1 aromatic carbocycles. The Hall–Kier alpha value is -1.29. The topological polar surface area (TPSA) is 34.0 Å². The van der Waals surface area contributed by atoms with Gasteiger partial charge in [-0.1, -0.05) is 60.5 Å². The molecule has 0 saturated heterocycles. The molecule has 3 rings (SSSR count). The molecule has 0 spiro atoms. The van der Waals surface area contributed by atoms with Gasteiger partial charge in [0.2, 0.25) is 0 Å². The number of fused-ring (bicyclic) bond motifs is 1. The monoisotopic (exact) mass is 390 g/mol. The summed E-state index contributed by atoms with van der Waals surface area (Å²) in [5, 5.41) is 4.11. The lowest BCUT2D eigenvalue weighted by Crippen LogP contribution is -2.24. The molecule has 0 unspecified atom stereocenters. The Kier molecular flexibility index (Phi) is 5.99. The van der Waals surface area contributed by atoms with E-state index in [2.05, 4.69) is 21.2 Å². The number of hydrogen-bond acceptors (Lipinski definition) is 1. The van der Waals surface area contributed by atoms with E-state index >= 15 is 0 Å². The number of amides is 1. The maximum absolute atomic E-state index is 12.6. The number of carbonyl (C=O) groups is 1. The van der Waals surface area contributed by atoms with Gasteiger partial charge in [-0.05, 0) is 30.9 Å². The fourth-order valence-electron chi connectivity index (χ4n) is 3.91. The highest BCUT2D eigenvalue weighted by molar-refractivity contribution is 9.10. The second kappa shape index (κ2) is 8.19. The molecule has 1 aliphatic carbocycles. The Bertz CT molecular complexity index is 699. The van der Waals surface area contributed by atoms with Crippen molar-refractivity contribution >= 4 is 32.7 Å². The lowest BCUT2D eigenvalue weighted by molar-refractivity contribution is 0.0953. The van der Waals surface area contributed by atoms with Crippen LogP contribution in [0.4, 0.5) is 0 Å². The summed E-state index contributed by atoms with van der Waals surface area (Å²) in [6.07, 6.45) is 12.6. The predicted octanol–water partition coefficient (Wildman–Crippen LogP) is 5.42. The maximum atomic E-state index is 12.6. The zero-order chi connectivity index (χ0) is 16.9. The largest absolute Gasteiger partial charge is 0.352 e. The van der Waals surface area contributed by atoms with E-state index < -0.39 is 0 Å². The summed E-state index contributed by atoms with van der Waals surface area (Å²) in [6.45, 7) is 0.774. The number of rotatable bonds is 5. The molecule has 4 heteroatoms. The summed E-state index contributed by atoms with van der Waals surface area (Å²) in [6, 6.07) is 6.04. The quantitative estimate of drug-likeness (QED) is 0.536. The van der Waals surface area contributed by atoms with Crippen molar-refractivity contribution in [1.29, 1.82) is 0 Å². The fourth-order valence-corrected chi connectivity index (χ4v) is 4.48. The number of carbonyl (C=O) groups excluding carboxylic acids is 1. The second-order valence-corrected chi connectivity index (χ2v) is 7.90. The van der Waals surface area contributed by atoms with Gasteiger partial charge in [-0.25, -0.2) is 0 Å². The van der Waals surface area contributed by atoms with Crippen LogP contribution in [0.25, 0.3) is 10.9 Å². The number of aryl methyl sites for hydroxylation is 1. The first-order valence-corrected chi connectivity index (χ1v) is 9.98. The normalized spacial score (nSPS) is 16.2. The average Bonchev–Trinajstić information content (AvgIpc) is 2.75. The summed E-state index contributed by atoms with van der Waals surface area (Å²) < 4.78 is 2.99. The van der Waals surface area contributed by atoms with E-state index in [9.17, 15) is 4.79 Å². The van der Waals surface area contributed by atoms with Crippen molar-refractivity contribution in [2.75, 3.05) is 6.54 Å². The van der Waals surface area contributed by atoms with Crippen molar-refractivity contribution in [2.45, 2.75) is 51.4 Å². The van der Waals surface area contributed by atoms with Crippen LogP contribution in [-0.2, 0) is 7.05 Å². The van der Waals surface area contributed by atoms with Gasteiger partial charge in [0, 0.05) is 35.2 Å². The minimum absolute atomic E-state index is 0.0355. The van der Waals surface area contributed by atoms with Crippen LogP contribution >= 0.6 is 15.9 Å². The molecule has 3 nitrogen and oxygen atoms in total. The first-order valence-electron chi connectivity index (χ1n) is 9.18. The van der Waals surface area contributed by atoms with Crippen molar-refractivity contribution in [1.82, 2.24) is 9.88 Å². The molecule has 1 aromatic heterocycles. The molecule has 130 valence electrons. The lowest BCUT2D eigenvalue weighted by Gasteiger charge is -2.13. The minimum atomic E-state index is 0.0355. The van der Waals surface area contributed by atoms with Crippen molar-refractivity contribution in [2.24, 2.45) is 13.0 Å². The Morgan fingerprint density at radius 1 is 1.25 bits per heavy atom. The molecule has 0 radical (unpaired) electrons. The Morgan fingerprint density at radius 3 is 2.75 bits per heavy atom. The molecule has 1 saturated carbocycles. The fraction of sp³-hybridized carbons (Fsp3) is 0.550. The van der Waals surface area contributed by atoms with Crippen LogP contribution in [0.1, 0.15) is 61.7 Å². The summed E-state index contributed by atoms with van der Waals surface area (Å²) in [5.74, 6) is 0.907. The van der Waals surface area contributed by atoms with Crippen LogP contribution in [0.15, 0.2) is 28.9 Å². The third kappa shape index (κ3) is 4.02. The summed E-state index contributed by atoms with van der Waals surface area (Å²) in [5.41, 5.74) is 1.84. The van der Waals surface area contributed by atoms with E-state index in [1.807, 2.05) is 36.0 Å². The molecule has 0 bridgehead atoms. The highest BCUT2D eigenvalue weighted by Gasteiger charge is 2.16. The second-order valence-electron chi connectivity index (χ2n) is 7.04. The van der Waals surface area contributed by atoms with Gasteiger partial charge in [0.15, 0.2) is 0 Å². The molecule has 0 aliphatic heterocycles. The maximum Gasteiger partial charge on any atom is 0.253 e. The third-order valence-electron chi connectivity index (χ3n) is 5.26. The van der Waals surface area contributed by atoms with Crippen LogP contribution in [0.5, 0.6) is 0 Å². The number of benzene rings is 1. The lowest BCUT2D eigenvalue weighted by atomic mass is 9.95. The van der Waals surface area contributed by atoms with Crippen LogP contribution in [0.2, 0.25) is 0 Å². The first-order chi connectivity index (χ1) is 11.7. The average molecular weight is 391 g/mol. The third-order valence-corrected chi connectivity index (χ3v) is 5.92. The first kappa shape index (κ1) is 17.5. The highest BCUT2D eigenvalue weighted by atomic mass is 79.9. The molecule has 24 heavy (non-hydrogen) atoms. The van der Waals surface area contributed by atoms with Gasteiger partial charge in [0.05, 0.1) is 5.56 Å². The molecule has 1 fully saturated rings. The van der Waals surface area contributed by atoms with Gasteiger partial charge in [-0.3, -0.25) is 4.79 Å². The van der Waals surface area contributed by atoms with Crippen LogP contribution in [0, 0.1) is 5.92 Å². The number of nitrogens with zero attached hydrogens (tertiary/aromatic N) is 1. The van der Waals surface area contributed by atoms with Crippen molar-refractivity contribution in [3.8, 4) is 0 Å². The Labute approximate surface area is 152 Å². The zero-order valence-corrected chi connectivity index (χ0v) is 16.1. The van der Waals surface area contributed by atoms with Crippen molar-refractivity contribution in [3.63, 3.8) is 0 Å². The number of aromatic nitrogens is 1. The SMILES string of the molecule is Cn1cc(C(=O)NCCCC2CCCCCC2)c2c(Br)cccc21. The zero-order valence-electron chi connectivity index (χ0n) is 14.5. The smallest absolute Gasteiger partial charge is 0.253 e. The number of nitrogens with one attached hydrogen (secondary N) is 1. The van der Waals surface area contributed by atoms with Gasteiger partial charge in [-0.2, -0.15) is 0 Å². The van der Waals surface area contributed by atoms with Gasteiger partial charge < -0.3 is 9.88 Å². The molecular weight excluding hydrogens is 364 g/mol. The van der Waals surface area contributed by atoms with E-state index in [-0.39, 0.29) is 5.91 Å². The van der Waals surface area contributed by atoms with E-state index in [0.717, 1.165) is 39.8 Å². The van der Waals surface area contributed by atoms with E-state index in [1.165, 1.54) is 44.9 Å². The van der Waals surface area contributed by atoms with Crippen molar-refractivity contribution in [3.05, 3.63) is 34.4 Å². The van der Waals surface area contributed by atoms with E-state index in [0.29, 0.717) is 0 Å². The summed E-state index contributed by atoms with van der Waals surface area (Å²) in [4.78, 5) is 12.6. The van der Waals surface area contributed by atoms with Gasteiger partial charge >= 0.3 is 0 Å². The van der Waals surface area contributed by atoms with Gasteiger partial charge in [0.1, 0.15) is 0 Å². The van der Waals surface area contributed by atoms with Gasteiger partial charge in [0.25, 0.3) is 5.91 Å². The Balaban J connectivity index is 1.56. The molecule has 1 aliphatic rings. The van der Waals surface area contributed by atoms with Gasteiger partial charge in [-0.15, -0.1) is 0 Å². The van der Waals surface area contributed by atoms with E-state index in [4.69, 9.17) is 0 Å². The predicted molar refractivity (Wildman–Crippen MR) is 103 cm³/mol. The minimum Gasteiger partial charge on any atom is -0.352 e. The van der Waals surface area contributed by atoms with Crippen LogP contribution < -0.4 is 5.32 Å². The Morgan fingerprint density at radius 2 is 2.00 bits per heavy atom. The standard InChI is InChI=1S/C20H27BrN2O/c1-23-14-16(19-17(21)11-6-12-18(19)23)20(24)22-13-7-10-15-8-4-2-3-5-9-15/h6,11-12,14-15H,2-5,7-10,13H2,1H3,(H,22,24). The number of hydrogen-bond donors (Lipinski definition) is 1. The number of halogens is 1. The molecular formula is C20H27BrN2O.